The van der Waals surface area contributed by atoms with Crippen molar-refractivity contribution in [3.63, 3.8) is 0 Å². The van der Waals surface area contributed by atoms with Gasteiger partial charge in [0.25, 0.3) is 11.1 Å². The fourth-order valence-electron chi connectivity index (χ4n) is 3.62. The Morgan fingerprint density at radius 2 is 1.93 bits per heavy atom. The Kier molecular flexibility index (Phi) is 3.91. The molecule has 3 heterocycles. The minimum atomic E-state index is -0.614. The van der Waals surface area contributed by atoms with Gasteiger partial charge >= 0.3 is 0 Å². The molecule has 0 unspecified atom stereocenters. The van der Waals surface area contributed by atoms with Crippen LogP contribution in [0, 0.1) is 0 Å². The van der Waals surface area contributed by atoms with Gasteiger partial charge < -0.3 is 15.0 Å². The summed E-state index contributed by atoms with van der Waals surface area (Å²) in [5, 5.41) is 6.30. The molecule has 3 N–H and O–H groups in total. The van der Waals surface area contributed by atoms with E-state index >= 15 is 0 Å². The normalized spacial score (nSPS) is 16.4. The molecule has 27 heavy (non-hydrogen) atoms. The SMILES string of the molecule is COc1ccc2[nH]c(=O)c([C@@H]3CC(=O)Nc4c3c(=O)[nH]n4C(C)C)cc2c1. The van der Waals surface area contributed by atoms with E-state index in [1.807, 2.05) is 19.9 Å². The number of rotatable bonds is 3. The summed E-state index contributed by atoms with van der Waals surface area (Å²) in [6, 6.07) is 7.02. The lowest BCUT2D eigenvalue weighted by molar-refractivity contribution is -0.116. The van der Waals surface area contributed by atoms with Crippen molar-refractivity contribution in [1.29, 1.82) is 0 Å². The number of carbonyl (C=O) groups excluding carboxylic acids is 1. The van der Waals surface area contributed by atoms with Crippen molar-refractivity contribution in [2.45, 2.75) is 32.2 Å². The first-order chi connectivity index (χ1) is 12.9. The third-order valence-electron chi connectivity index (χ3n) is 4.93. The summed E-state index contributed by atoms with van der Waals surface area (Å²) in [5.74, 6) is 0.246. The number of hydrogen-bond donors (Lipinski definition) is 3. The molecule has 0 aliphatic carbocycles. The second kappa shape index (κ2) is 6.15. The summed E-state index contributed by atoms with van der Waals surface area (Å²) in [4.78, 5) is 40.4. The van der Waals surface area contributed by atoms with E-state index in [1.165, 1.54) is 0 Å². The Hall–Kier alpha value is -3.29. The average molecular weight is 368 g/mol. The van der Waals surface area contributed by atoms with Crippen molar-refractivity contribution in [1.82, 2.24) is 14.8 Å². The van der Waals surface area contributed by atoms with Crippen molar-refractivity contribution < 1.29 is 9.53 Å². The van der Waals surface area contributed by atoms with Crippen molar-refractivity contribution in [2.24, 2.45) is 0 Å². The molecule has 0 bridgehead atoms. The number of carbonyl (C=O) groups is 1. The highest BCUT2D eigenvalue weighted by atomic mass is 16.5. The van der Waals surface area contributed by atoms with Crippen LogP contribution in [0.3, 0.4) is 0 Å². The van der Waals surface area contributed by atoms with Gasteiger partial charge in [-0.3, -0.25) is 24.2 Å². The number of aromatic amines is 2. The van der Waals surface area contributed by atoms with E-state index in [1.54, 1.807) is 30.0 Å². The first kappa shape index (κ1) is 17.1. The van der Waals surface area contributed by atoms with E-state index in [9.17, 15) is 14.4 Å². The lowest BCUT2D eigenvalue weighted by Gasteiger charge is -2.24. The smallest absolute Gasteiger partial charge is 0.270 e. The molecule has 0 radical (unpaired) electrons. The van der Waals surface area contributed by atoms with Gasteiger partial charge in [0.15, 0.2) is 0 Å². The molecule has 1 aliphatic rings. The van der Waals surface area contributed by atoms with Gasteiger partial charge in [-0.25, -0.2) is 0 Å². The number of pyridine rings is 1. The number of amides is 1. The van der Waals surface area contributed by atoms with Gasteiger partial charge in [-0.1, -0.05) is 0 Å². The topological polar surface area (TPSA) is 109 Å². The number of fused-ring (bicyclic) bond motifs is 2. The van der Waals surface area contributed by atoms with Gasteiger partial charge in [-0.2, -0.15) is 0 Å². The lowest BCUT2D eigenvalue weighted by Crippen LogP contribution is -2.30. The number of methoxy groups -OCH3 is 1. The van der Waals surface area contributed by atoms with Crippen LogP contribution >= 0.6 is 0 Å². The van der Waals surface area contributed by atoms with Crippen LogP contribution in [0.5, 0.6) is 5.75 Å². The van der Waals surface area contributed by atoms with Gasteiger partial charge in [-0.05, 0) is 38.1 Å². The van der Waals surface area contributed by atoms with E-state index in [2.05, 4.69) is 15.4 Å². The molecule has 0 spiro atoms. The number of benzene rings is 1. The molecule has 2 aromatic heterocycles. The van der Waals surface area contributed by atoms with Crippen LogP contribution in [-0.4, -0.2) is 27.8 Å². The van der Waals surface area contributed by atoms with Crippen LogP contribution in [0.1, 0.15) is 43.4 Å². The van der Waals surface area contributed by atoms with Crippen LogP contribution in [-0.2, 0) is 4.79 Å². The number of aromatic nitrogens is 3. The molecule has 8 nitrogen and oxygen atoms in total. The van der Waals surface area contributed by atoms with Gasteiger partial charge in [0.2, 0.25) is 5.91 Å². The van der Waals surface area contributed by atoms with Crippen molar-refractivity contribution in [3.8, 4) is 5.75 Å². The summed E-state index contributed by atoms with van der Waals surface area (Å²) in [6.45, 7) is 3.81. The summed E-state index contributed by atoms with van der Waals surface area (Å²) < 4.78 is 6.87. The molecule has 1 amide bonds. The predicted molar refractivity (Wildman–Crippen MR) is 102 cm³/mol. The molecule has 140 valence electrons. The highest BCUT2D eigenvalue weighted by Crippen LogP contribution is 2.35. The fourth-order valence-corrected chi connectivity index (χ4v) is 3.62. The van der Waals surface area contributed by atoms with Gasteiger partial charge in [0, 0.05) is 34.8 Å². The lowest BCUT2D eigenvalue weighted by atomic mass is 9.87. The Labute approximate surface area is 154 Å². The van der Waals surface area contributed by atoms with Crippen LogP contribution in [0.4, 0.5) is 5.82 Å². The maximum atomic E-state index is 12.7. The Morgan fingerprint density at radius 3 is 2.63 bits per heavy atom. The van der Waals surface area contributed by atoms with E-state index in [0.29, 0.717) is 28.2 Å². The number of ether oxygens (including phenoxy) is 1. The first-order valence-electron chi connectivity index (χ1n) is 8.74. The molecular formula is C19H20N4O4. The number of anilines is 1. The molecule has 1 aliphatic heterocycles. The zero-order chi connectivity index (χ0) is 19.3. The third kappa shape index (κ3) is 2.73. The monoisotopic (exact) mass is 368 g/mol. The summed E-state index contributed by atoms with van der Waals surface area (Å²) >= 11 is 0. The zero-order valence-corrected chi connectivity index (χ0v) is 15.3. The third-order valence-corrected chi connectivity index (χ3v) is 4.93. The summed E-state index contributed by atoms with van der Waals surface area (Å²) in [5.41, 5.74) is 0.859. The molecule has 0 saturated carbocycles. The molecule has 1 aromatic carbocycles. The molecule has 0 saturated heterocycles. The van der Waals surface area contributed by atoms with Crippen LogP contribution in [0.25, 0.3) is 10.9 Å². The van der Waals surface area contributed by atoms with Crippen molar-refractivity contribution in [3.05, 3.63) is 56.1 Å². The Bertz CT molecular complexity index is 1170. The average Bonchev–Trinajstić information content (AvgIpc) is 2.97. The fraction of sp³-hybridized carbons (Fsp3) is 0.316. The maximum Gasteiger partial charge on any atom is 0.270 e. The quantitative estimate of drug-likeness (QED) is 0.657. The van der Waals surface area contributed by atoms with E-state index < -0.39 is 5.92 Å². The molecule has 4 rings (SSSR count). The number of nitrogens with one attached hydrogen (secondary N) is 3. The minimum absolute atomic E-state index is 0.0384. The summed E-state index contributed by atoms with van der Waals surface area (Å²) in [6.07, 6.45) is 0.0384. The largest absolute Gasteiger partial charge is 0.497 e. The van der Waals surface area contributed by atoms with Crippen molar-refractivity contribution in [2.75, 3.05) is 12.4 Å². The molecule has 1 atom stereocenters. The Balaban J connectivity index is 1.94. The van der Waals surface area contributed by atoms with Crippen LogP contribution < -0.4 is 21.2 Å². The second-order valence-electron chi connectivity index (χ2n) is 6.98. The maximum absolute atomic E-state index is 12.7. The molecular weight excluding hydrogens is 348 g/mol. The number of H-pyrrole nitrogens is 2. The van der Waals surface area contributed by atoms with E-state index in [-0.39, 0.29) is 29.5 Å². The number of hydrogen-bond acceptors (Lipinski definition) is 4. The second-order valence-corrected chi connectivity index (χ2v) is 6.98. The molecule has 0 fully saturated rings. The highest BCUT2D eigenvalue weighted by molar-refractivity contribution is 5.94. The van der Waals surface area contributed by atoms with Crippen molar-refractivity contribution >= 4 is 22.6 Å². The molecule has 3 aromatic rings. The predicted octanol–water partition coefficient (Wildman–Crippen LogP) is 2.08. The van der Waals surface area contributed by atoms with Crippen LogP contribution in [0.2, 0.25) is 0 Å². The number of nitrogens with zero attached hydrogens (tertiary/aromatic N) is 1. The van der Waals surface area contributed by atoms with Gasteiger partial charge in [0.1, 0.15) is 11.6 Å². The van der Waals surface area contributed by atoms with E-state index in [0.717, 1.165) is 5.39 Å². The van der Waals surface area contributed by atoms with Crippen LogP contribution in [0.15, 0.2) is 33.9 Å². The minimum Gasteiger partial charge on any atom is -0.497 e. The summed E-state index contributed by atoms with van der Waals surface area (Å²) in [7, 11) is 1.57. The van der Waals surface area contributed by atoms with E-state index in [4.69, 9.17) is 4.74 Å². The zero-order valence-electron chi connectivity index (χ0n) is 15.3. The molecule has 8 heteroatoms. The van der Waals surface area contributed by atoms with Gasteiger partial charge in [-0.15, -0.1) is 0 Å². The highest BCUT2D eigenvalue weighted by Gasteiger charge is 2.34. The standard InChI is InChI=1S/C19H20N4O4/c1-9(2)23-17-16(19(26)22-23)12(8-15(24)21-17)13-7-10-6-11(27-3)4-5-14(10)20-18(13)25/h4-7,9,12H,8H2,1-3H3,(H,20,25)(H,21,24)(H,22,26)/t12-/m0/s1. The Morgan fingerprint density at radius 1 is 1.15 bits per heavy atom. The first-order valence-corrected chi connectivity index (χ1v) is 8.74. The van der Waals surface area contributed by atoms with Gasteiger partial charge in [0.05, 0.1) is 12.7 Å².